The van der Waals surface area contributed by atoms with Gasteiger partial charge in [-0.25, -0.2) is 0 Å². The lowest BCUT2D eigenvalue weighted by molar-refractivity contribution is -0.128. The number of morpholine rings is 1. The molecule has 0 aliphatic carbocycles. The molecule has 142 valence electrons. The molecule has 0 saturated carbocycles. The highest BCUT2D eigenvalue weighted by Gasteiger charge is 2.34. The van der Waals surface area contributed by atoms with Crippen LogP contribution in [0, 0.1) is 5.92 Å². The first-order valence-electron chi connectivity index (χ1n) is 9.12. The van der Waals surface area contributed by atoms with Gasteiger partial charge in [-0.2, -0.15) is 0 Å². The zero-order valence-electron chi connectivity index (χ0n) is 15.3. The molecule has 2 aliphatic heterocycles. The standard InChI is InChI=1S/C19H27N3O4/c1-25-14-15-3-2-4-17(11-15)20-19(24)16-12-18(23)22(13-16)6-5-21-7-9-26-10-8-21/h2-4,11,16H,5-10,12-14H2,1H3,(H,20,24). The summed E-state index contributed by atoms with van der Waals surface area (Å²) in [6, 6.07) is 7.59. The molecule has 3 rings (SSSR count). The van der Waals surface area contributed by atoms with Gasteiger partial charge in [-0.3, -0.25) is 14.5 Å². The lowest BCUT2D eigenvalue weighted by atomic mass is 10.1. The van der Waals surface area contributed by atoms with Crippen molar-refractivity contribution in [3.8, 4) is 0 Å². The Hall–Kier alpha value is -1.96. The number of benzene rings is 1. The predicted molar refractivity (Wildman–Crippen MR) is 97.7 cm³/mol. The number of ether oxygens (including phenoxy) is 2. The van der Waals surface area contributed by atoms with Gasteiger partial charge in [-0.15, -0.1) is 0 Å². The number of carbonyl (C=O) groups excluding carboxylic acids is 2. The molecule has 2 saturated heterocycles. The number of nitrogens with zero attached hydrogens (tertiary/aromatic N) is 2. The second-order valence-corrected chi connectivity index (χ2v) is 6.82. The number of amides is 2. The third-order valence-electron chi connectivity index (χ3n) is 4.88. The van der Waals surface area contributed by atoms with Crippen LogP contribution in [0.5, 0.6) is 0 Å². The Balaban J connectivity index is 1.49. The van der Waals surface area contributed by atoms with Crippen LogP contribution in [-0.2, 0) is 25.7 Å². The largest absolute Gasteiger partial charge is 0.380 e. The molecule has 1 unspecified atom stereocenters. The highest BCUT2D eigenvalue weighted by molar-refractivity contribution is 5.97. The van der Waals surface area contributed by atoms with Crippen molar-refractivity contribution in [1.29, 1.82) is 0 Å². The Morgan fingerprint density at radius 2 is 2.12 bits per heavy atom. The van der Waals surface area contributed by atoms with Crippen molar-refractivity contribution in [2.45, 2.75) is 13.0 Å². The molecule has 1 N–H and O–H groups in total. The second kappa shape index (κ2) is 9.12. The van der Waals surface area contributed by atoms with E-state index in [1.807, 2.05) is 24.3 Å². The summed E-state index contributed by atoms with van der Waals surface area (Å²) >= 11 is 0. The number of hydrogen-bond acceptors (Lipinski definition) is 5. The molecule has 1 aromatic rings. The van der Waals surface area contributed by atoms with Crippen molar-refractivity contribution in [3.05, 3.63) is 29.8 Å². The van der Waals surface area contributed by atoms with Crippen LogP contribution >= 0.6 is 0 Å². The Labute approximate surface area is 154 Å². The van der Waals surface area contributed by atoms with Crippen molar-refractivity contribution in [2.24, 2.45) is 5.92 Å². The van der Waals surface area contributed by atoms with Gasteiger partial charge in [0, 0.05) is 51.9 Å². The van der Waals surface area contributed by atoms with E-state index < -0.39 is 0 Å². The highest BCUT2D eigenvalue weighted by Crippen LogP contribution is 2.20. The topological polar surface area (TPSA) is 71.1 Å². The molecule has 1 aromatic carbocycles. The average Bonchev–Trinajstić information content (AvgIpc) is 3.02. The van der Waals surface area contributed by atoms with E-state index in [0.29, 0.717) is 19.7 Å². The van der Waals surface area contributed by atoms with E-state index in [2.05, 4.69) is 10.2 Å². The Kier molecular flexibility index (Phi) is 6.60. The fourth-order valence-electron chi connectivity index (χ4n) is 3.40. The summed E-state index contributed by atoms with van der Waals surface area (Å²) in [4.78, 5) is 28.9. The van der Waals surface area contributed by atoms with Crippen molar-refractivity contribution < 1.29 is 19.1 Å². The van der Waals surface area contributed by atoms with E-state index in [-0.39, 0.29) is 24.2 Å². The number of carbonyl (C=O) groups is 2. The van der Waals surface area contributed by atoms with Crippen molar-refractivity contribution in [3.63, 3.8) is 0 Å². The fraction of sp³-hybridized carbons (Fsp3) is 0.579. The minimum Gasteiger partial charge on any atom is -0.380 e. The maximum Gasteiger partial charge on any atom is 0.229 e. The predicted octanol–water partition coefficient (Wildman–Crippen LogP) is 0.952. The minimum atomic E-state index is -0.293. The van der Waals surface area contributed by atoms with Gasteiger partial charge in [0.1, 0.15) is 0 Å². The molecule has 0 aromatic heterocycles. The first-order valence-corrected chi connectivity index (χ1v) is 9.12. The summed E-state index contributed by atoms with van der Waals surface area (Å²) in [6.45, 7) is 5.82. The number of methoxy groups -OCH3 is 1. The molecule has 1 atom stereocenters. The third-order valence-corrected chi connectivity index (χ3v) is 4.88. The fourth-order valence-corrected chi connectivity index (χ4v) is 3.40. The normalized spacial score (nSPS) is 21.2. The monoisotopic (exact) mass is 361 g/mol. The molecule has 2 amide bonds. The molecule has 2 heterocycles. The van der Waals surface area contributed by atoms with Gasteiger partial charge in [-0.05, 0) is 17.7 Å². The summed E-state index contributed by atoms with van der Waals surface area (Å²) < 4.78 is 10.5. The van der Waals surface area contributed by atoms with Gasteiger partial charge >= 0.3 is 0 Å². The second-order valence-electron chi connectivity index (χ2n) is 6.82. The van der Waals surface area contributed by atoms with Crippen LogP contribution in [0.4, 0.5) is 5.69 Å². The molecule has 0 spiro atoms. The molecule has 7 nitrogen and oxygen atoms in total. The summed E-state index contributed by atoms with van der Waals surface area (Å²) in [5.41, 5.74) is 1.74. The molecular formula is C19H27N3O4. The Morgan fingerprint density at radius 1 is 1.31 bits per heavy atom. The van der Waals surface area contributed by atoms with E-state index in [1.165, 1.54) is 0 Å². The van der Waals surface area contributed by atoms with Crippen LogP contribution < -0.4 is 5.32 Å². The molecule has 0 bridgehead atoms. The van der Waals surface area contributed by atoms with Crippen LogP contribution in [0.3, 0.4) is 0 Å². The lowest BCUT2D eigenvalue weighted by Crippen LogP contribution is -2.42. The van der Waals surface area contributed by atoms with Gasteiger partial charge in [0.2, 0.25) is 11.8 Å². The van der Waals surface area contributed by atoms with Crippen LogP contribution in [0.15, 0.2) is 24.3 Å². The highest BCUT2D eigenvalue weighted by atomic mass is 16.5. The van der Waals surface area contributed by atoms with E-state index in [9.17, 15) is 9.59 Å². The maximum atomic E-state index is 12.5. The smallest absolute Gasteiger partial charge is 0.229 e. The molecule has 26 heavy (non-hydrogen) atoms. The minimum absolute atomic E-state index is 0.0616. The summed E-state index contributed by atoms with van der Waals surface area (Å²) in [7, 11) is 1.64. The van der Waals surface area contributed by atoms with E-state index in [0.717, 1.165) is 44.1 Å². The average molecular weight is 361 g/mol. The van der Waals surface area contributed by atoms with Crippen LogP contribution in [0.2, 0.25) is 0 Å². The molecule has 0 radical (unpaired) electrons. The van der Waals surface area contributed by atoms with Crippen molar-refractivity contribution in [1.82, 2.24) is 9.80 Å². The number of nitrogens with one attached hydrogen (secondary N) is 1. The number of hydrogen-bond donors (Lipinski definition) is 1. The van der Waals surface area contributed by atoms with E-state index in [1.54, 1.807) is 12.0 Å². The third kappa shape index (κ3) is 5.03. The lowest BCUT2D eigenvalue weighted by Gasteiger charge is -2.28. The first kappa shape index (κ1) is 18.8. The quantitative estimate of drug-likeness (QED) is 0.783. The number of likely N-dealkylation sites (tertiary alicyclic amines) is 1. The van der Waals surface area contributed by atoms with Gasteiger partial charge in [-0.1, -0.05) is 12.1 Å². The van der Waals surface area contributed by atoms with E-state index in [4.69, 9.17) is 9.47 Å². The Morgan fingerprint density at radius 3 is 2.88 bits per heavy atom. The molecule has 2 aliphatic rings. The first-order chi connectivity index (χ1) is 12.7. The van der Waals surface area contributed by atoms with Gasteiger partial charge in [0.15, 0.2) is 0 Å². The van der Waals surface area contributed by atoms with Crippen molar-refractivity contribution >= 4 is 17.5 Å². The summed E-state index contributed by atoms with van der Waals surface area (Å²) in [5, 5.41) is 2.93. The van der Waals surface area contributed by atoms with Crippen LogP contribution in [0.25, 0.3) is 0 Å². The number of rotatable bonds is 7. The van der Waals surface area contributed by atoms with Crippen molar-refractivity contribution in [2.75, 3.05) is 58.4 Å². The summed E-state index contributed by atoms with van der Waals surface area (Å²) in [6.07, 6.45) is 0.284. The molecular weight excluding hydrogens is 334 g/mol. The van der Waals surface area contributed by atoms with Gasteiger partial charge < -0.3 is 19.7 Å². The number of anilines is 1. The summed E-state index contributed by atoms with van der Waals surface area (Å²) in [5.74, 6) is -0.327. The van der Waals surface area contributed by atoms with Gasteiger partial charge in [0.25, 0.3) is 0 Å². The van der Waals surface area contributed by atoms with Crippen LogP contribution in [-0.4, -0.2) is 74.7 Å². The Bertz CT molecular complexity index is 631. The van der Waals surface area contributed by atoms with Crippen LogP contribution in [0.1, 0.15) is 12.0 Å². The molecule has 7 heteroatoms. The maximum absolute atomic E-state index is 12.5. The zero-order chi connectivity index (χ0) is 18.4. The van der Waals surface area contributed by atoms with Gasteiger partial charge in [0.05, 0.1) is 25.7 Å². The molecule has 2 fully saturated rings. The SMILES string of the molecule is COCc1cccc(NC(=O)C2CC(=O)N(CCN3CCOCC3)C2)c1. The van der Waals surface area contributed by atoms with E-state index >= 15 is 0 Å². The zero-order valence-corrected chi connectivity index (χ0v) is 15.3.